The van der Waals surface area contributed by atoms with Gasteiger partial charge in [-0.05, 0) is 30.5 Å². The molecule has 140 valence electrons. The van der Waals surface area contributed by atoms with Crippen LogP contribution in [0.4, 0.5) is 0 Å². The van der Waals surface area contributed by atoms with Crippen molar-refractivity contribution in [3.8, 4) is 5.75 Å². The summed E-state index contributed by atoms with van der Waals surface area (Å²) in [5, 5.41) is 0.879. The lowest BCUT2D eigenvalue weighted by molar-refractivity contribution is -0.149. The lowest BCUT2D eigenvalue weighted by Crippen LogP contribution is -2.20. The maximum Gasteiger partial charge on any atom is 0.351 e. The van der Waals surface area contributed by atoms with Crippen molar-refractivity contribution in [1.29, 1.82) is 0 Å². The van der Waals surface area contributed by atoms with Crippen LogP contribution in [0, 0.1) is 0 Å². The number of hydrogen-bond acceptors (Lipinski definition) is 5. The number of benzene rings is 2. The fourth-order valence-corrected chi connectivity index (χ4v) is 2.98. The van der Waals surface area contributed by atoms with Crippen LogP contribution < -0.4 is 10.4 Å². The largest absolute Gasteiger partial charge is 0.474 e. The van der Waals surface area contributed by atoms with Gasteiger partial charge in [0.15, 0.2) is 0 Å². The number of hydrogen-bond donors (Lipinski definition) is 0. The third-order valence-electron chi connectivity index (χ3n) is 4.37. The number of aryl methyl sites for hydroxylation is 1. The summed E-state index contributed by atoms with van der Waals surface area (Å²) in [4.78, 5) is 24.1. The molecule has 0 amide bonds. The summed E-state index contributed by atoms with van der Waals surface area (Å²) in [5.41, 5.74) is 1.70. The van der Waals surface area contributed by atoms with Crippen molar-refractivity contribution in [2.45, 2.75) is 32.3 Å². The fourth-order valence-electron chi connectivity index (χ4n) is 2.98. The van der Waals surface area contributed by atoms with E-state index in [-0.39, 0.29) is 0 Å². The molecule has 3 rings (SSSR count). The average molecular weight is 366 g/mol. The standard InChI is InChI=1S/C22H22O5/c1-3-4-8-16-13-20(23)27-19-14-17(11-12-18(16)19)26-21(22(24)25-2)15-9-6-5-7-10-15/h5-7,9-14,21H,3-4,8H2,1-2H3/t21-/m1/s1. The molecule has 1 heterocycles. The highest BCUT2D eigenvalue weighted by Crippen LogP contribution is 2.28. The van der Waals surface area contributed by atoms with Gasteiger partial charge in [-0.25, -0.2) is 9.59 Å². The smallest absolute Gasteiger partial charge is 0.351 e. The number of methoxy groups -OCH3 is 1. The van der Waals surface area contributed by atoms with E-state index in [2.05, 4.69) is 6.92 Å². The highest BCUT2D eigenvalue weighted by atomic mass is 16.6. The van der Waals surface area contributed by atoms with Crippen molar-refractivity contribution in [2.75, 3.05) is 7.11 Å². The first kappa shape index (κ1) is 18.7. The zero-order valence-electron chi connectivity index (χ0n) is 15.4. The normalized spacial score (nSPS) is 11.9. The number of fused-ring (bicyclic) bond motifs is 1. The Labute approximate surface area is 157 Å². The molecule has 0 spiro atoms. The Kier molecular flexibility index (Phi) is 5.91. The number of esters is 1. The minimum absolute atomic E-state index is 0.390. The molecule has 0 N–H and O–H groups in total. The first-order valence-electron chi connectivity index (χ1n) is 8.98. The van der Waals surface area contributed by atoms with Gasteiger partial charge in [-0.3, -0.25) is 0 Å². The molecule has 27 heavy (non-hydrogen) atoms. The number of carbonyl (C=O) groups is 1. The second-order valence-electron chi connectivity index (χ2n) is 6.28. The molecule has 0 radical (unpaired) electrons. The highest BCUT2D eigenvalue weighted by Gasteiger charge is 2.23. The zero-order chi connectivity index (χ0) is 19.2. The second kappa shape index (κ2) is 8.54. The van der Waals surface area contributed by atoms with E-state index >= 15 is 0 Å². The number of ether oxygens (including phenoxy) is 2. The van der Waals surface area contributed by atoms with Crippen LogP contribution in [0.5, 0.6) is 5.75 Å². The Hall–Kier alpha value is -3.08. The van der Waals surface area contributed by atoms with Gasteiger partial charge in [0.05, 0.1) is 7.11 Å². The fraction of sp³-hybridized carbons (Fsp3) is 0.273. The highest BCUT2D eigenvalue weighted by molar-refractivity contribution is 5.82. The van der Waals surface area contributed by atoms with Crippen LogP contribution in [0.15, 0.2) is 63.8 Å². The second-order valence-corrected chi connectivity index (χ2v) is 6.28. The van der Waals surface area contributed by atoms with E-state index < -0.39 is 17.7 Å². The van der Waals surface area contributed by atoms with Gasteiger partial charge in [0.2, 0.25) is 6.10 Å². The van der Waals surface area contributed by atoms with Gasteiger partial charge in [0, 0.05) is 23.1 Å². The van der Waals surface area contributed by atoms with Crippen molar-refractivity contribution in [3.05, 3.63) is 76.1 Å². The van der Waals surface area contributed by atoms with Crippen molar-refractivity contribution < 1.29 is 18.7 Å². The van der Waals surface area contributed by atoms with Crippen LogP contribution >= 0.6 is 0 Å². The van der Waals surface area contributed by atoms with Gasteiger partial charge in [0.25, 0.3) is 0 Å². The Bertz CT molecular complexity index is 975. The summed E-state index contributed by atoms with van der Waals surface area (Å²) < 4.78 is 16.1. The average Bonchev–Trinajstić information content (AvgIpc) is 2.69. The predicted molar refractivity (Wildman–Crippen MR) is 103 cm³/mol. The van der Waals surface area contributed by atoms with Crippen molar-refractivity contribution in [2.24, 2.45) is 0 Å². The predicted octanol–water partition coefficient (Wildman–Crippen LogP) is 4.43. The van der Waals surface area contributed by atoms with Crippen LogP contribution in [0.3, 0.4) is 0 Å². The Morgan fingerprint density at radius 1 is 1.11 bits per heavy atom. The Balaban J connectivity index is 1.96. The molecule has 0 bridgehead atoms. The van der Waals surface area contributed by atoms with Gasteiger partial charge in [-0.2, -0.15) is 0 Å². The molecular weight excluding hydrogens is 344 g/mol. The quantitative estimate of drug-likeness (QED) is 0.457. The lowest BCUT2D eigenvalue weighted by Gasteiger charge is -2.17. The van der Waals surface area contributed by atoms with Crippen LogP contribution in [0.25, 0.3) is 11.0 Å². The summed E-state index contributed by atoms with van der Waals surface area (Å²) in [7, 11) is 1.32. The monoisotopic (exact) mass is 366 g/mol. The number of unbranched alkanes of at least 4 members (excludes halogenated alkanes) is 1. The Morgan fingerprint density at radius 3 is 2.59 bits per heavy atom. The lowest BCUT2D eigenvalue weighted by atomic mass is 10.0. The maximum atomic E-state index is 12.2. The minimum atomic E-state index is -0.899. The van der Waals surface area contributed by atoms with Crippen molar-refractivity contribution in [1.82, 2.24) is 0 Å². The first-order valence-corrected chi connectivity index (χ1v) is 8.98. The van der Waals surface area contributed by atoms with Crippen LogP contribution in [0.1, 0.15) is 37.0 Å². The molecule has 0 saturated heterocycles. The van der Waals surface area contributed by atoms with E-state index in [4.69, 9.17) is 13.9 Å². The van der Waals surface area contributed by atoms with Crippen molar-refractivity contribution >= 4 is 16.9 Å². The number of rotatable bonds is 7. The Morgan fingerprint density at radius 2 is 1.89 bits per heavy atom. The van der Waals surface area contributed by atoms with Crippen molar-refractivity contribution in [3.63, 3.8) is 0 Å². The van der Waals surface area contributed by atoms with E-state index in [9.17, 15) is 9.59 Å². The molecule has 3 aromatic rings. The molecule has 0 unspecified atom stereocenters. The molecule has 1 atom stereocenters. The third kappa shape index (κ3) is 4.37. The molecule has 0 aliphatic heterocycles. The van der Waals surface area contributed by atoms with Gasteiger partial charge in [0.1, 0.15) is 11.3 Å². The summed E-state index contributed by atoms with van der Waals surface area (Å²) in [6.45, 7) is 2.11. The molecule has 5 heteroatoms. The van der Waals surface area contributed by atoms with E-state index in [1.165, 1.54) is 7.11 Å². The third-order valence-corrected chi connectivity index (χ3v) is 4.37. The maximum absolute atomic E-state index is 12.2. The molecular formula is C22H22O5. The molecule has 5 nitrogen and oxygen atoms in total. The molecule has 0 aliphatic rings. The minimum Gasteiger partial charge on any atom is -0.474 e. The molecule has 0 fully saturated rings. The summed E-state index contributed by atoms with van der Waals surface area (Å²) in [6, 6.07) is 15.9. The zero-order valence-corrected chi connectivity index (χ0v) is 15.4. The van der Waals surface area contributed by atoms with Crippen LogP contribution in [-0.2, 0) is 16.0 Å². The van der Waals surface area contributed by atoms with E-state index in [0.717, 1.165) is 30.2 Å². The van der Waals surface area contributed by atoms with Crippen LogP contribution in [-0.4, -0.2) is 13.1 Å². The summed E-state index contributed by atoms with van der Waals surface area (Å²) in [5.74, 6) is -0.0722. The summed E-state index contributed by atoms with van der Waals surface area (Å²) >= 11 is 0. The molecule has 0 aliphatic carbocycles. The molecule has 0 saturated carbocycles. The van der Waals surface area contributed by atoms with Gasteiger partial charge in [-0.15, -0.1) is 0 Å². The van der Waals surface area contributed by atoms with Gasteiger partial charge < -0.3 is 13.9 Å². The van der Waals surface area contributed by atoms with E-state index in [1.54, 1.807) is 30.3 Å². The van der Waals surface area contributed by atoms with Gasteiger partial charge >= 0.3 is 11.6 Å². The molecule has 1 aromatic heterocycles. The van der Waals surface area contributed by atoms with E-state index in [1.807, 2.05) is 24.3 Å². The number of carbonyl (C=O) groups excluding carboxylic acids is 1. The first-order chi connectivity index (χ1) is 13.1. The molecule has 2 aromatic carbocycles. The van der Waals surface area contributed by atoms with Gasteiger partial charge in [-0.1, -0.05) is 43.7 Å². The summed E-state index contributed by atoms with van der Waals surface area (Å²) in [6.07, 6.45) is 1.95. The van der Waals surface area contributed by atoms with E-state index in [0.29, 0.717) is 16.9 Å². The van der Waals surface area contributed by atoms with Crippen LogP contribution in [0.2, 0.25) is 0 Å². The topological polar surface area (TPSA) is 65.7 Å². The SMILES string of the molecule is CCCCc1cc(=O)oc2cc(O[C@@H](C(=O)OC)c3ccccc3)ccc12.